The Hall–Kier alpha value is -1.06. The molecule has 2 atom stereocenters. The van der Waals surface area contributed by atoms with Gasteiger partial charge in [-0.1, -0.05) is 23.7 Å². The van der Waals surface area contributed by atoms with Crippen LogP contribution in [0.1, 0.15) is 25.3 Å². The SMILES string of the molecule is C[C@H]1C[C@@H](C(=O)NCCc2ccc(Cl)cc2)CCN1. The molecule has 1 heterocycles. The fraction of sp³-hybridized carbons (Fsp3) is 0.533. The van der Waals surface area contributed by atoms with Crippen LogP contribution >= 0.6 is 11.6 Å². The molecule has 0 bridgehead atoms. The van der Waals surface area contributed by atoms with Crippen molar-refractivity contribution in [2.75, 3.05) is 13.1 Å². The third kappa shape index (κ3) is 4.51. The van der Waals surface area contributed by atoms with Crippen LogP contribution in [0.4, 0.5) is 0 Å². The van der Waals surface area contributed by atoms with Crippen molar-refractivity contribution < 1.29 is 4.79 Å². The van der Waals surface area contributed by atoms with E-state index in [1.165, 1.54) is 5.56 Å². The molecule has 0 saturated carbocycles. The highest BCUT2D eigenvalue weighted by atomic mass is 35.5. The quantitative estimate of drug-likeness (QED) is 0.889. The molecule has 0 spiro atoms. The Morgan fingerprint density at radius 1 is 1.42 bits per heavy atom. The molecule has 3 nitrogen and oxygen atoms in total. The first-order valence-electron chi connectivity index (χ1n) is 6.90. The van der Waals surface area contributed by atoms with Gasteiger partial charge < -0.3 is 10.6 Å². The molecule has 1 aromatic carbocycles. The van der Waals surface area contributed by atoms with E-state index < -0.39 is 0 Å². The second kappa shape index (κ2) is 6.92. The van der Waals surface area contributed by atoms with Crippen molar-refractivity contribution in [1.29, 1.82) is 0 Å². The predicted molar refractivity (Wildman–Crippen MR) is 78.4 cm³/mol. The molecule has 1 saturated heterocycles. The predicted octanol–water partition coefficient (Wildman–Crippen LogP) is 2.39. The average molecular weight is 281 g/mol. The van der Waals surface area contributed by atoms with Gasteiger partial charge in [0.15, 0.2) is 0 Å². The van der Waals surface area contributed by atoms with Crippen molar-refractivity contribution in [3.8, 4) is 0 Å². The van der Waals surface area contributed by atoms with E-state index in [1.54, 1.807) is 0 Å². The number of rotatable bonds is 4. The van der Waals surface area contributed by atoms with Gasteiger partial charge >= 0.3 is 0 Å². The van der Waals surface area contributed by atoms with Crippen LogP contribution in [0.25, 0.3) is 0 Å². The van der Waals surface area contributed by atoms with Crippen molar-refractivity contribution in [3.05, 3.63) is 34.9 Å². The lowest BCUT2D eigenvalue weighted by atomic mass is 9.92. The van der Waals surface area contributed by atoms with Gasteiger partial charge in [-0.3, -0.25) is 4.79 Å². The Labute approximate surface area is 119 Å². The van der Waals surface area contributed by atoms with Gasteiger partial charge in [0.05, 0.1) is 0 Å². The second-order valence-corrected chi connectivity index (χ2v) is 5.68. The molecule has 1 aromatic rings. The zero-order chi connectivity index (χ0) is 13.7. The highest BCUT2D eigenvalue weighted by molar-refractivity contribution is 6.30. The summed E-state index contributed by atoms with van der Waals surface area (Å²) in [5.74, 6) is 0.365. The van der Waals surface area contributed by atoms with Crippen LogP contribution in [0.2, 0.25) is 5.02 Å². The third-order valence-corrected chi connectivity index (χ3v) is 3.87. The molecular formula is C15H21ClN2O. The summed E-state index contributed by atoms with van der Waals surface area (Å²) in [5.41, 5.74) is 1.20. The van der Waals surface area contributed by atoms with Crippen molar-refractivity contribution in [1.82, 2.24) is 10.6 Å². The van der Waals surface area contributed by atoms with Crippen molar-refractivity contribution in [3.63, 3.8) is 0 Å². The summed E-state index contributed by atoms with van der Waals surface area (Å²) in [7, 11) is 0. The van der Waals surface area contributed by atoms with Gasteiger partial charge in [0.25, 0.3) is 0 Å². The number of carbonyl (C=O) groups is 1. The maximum absolute atomic E-state index is 12.0. The van der Waals surface area contributed by atoms with Gasteiger partial charge in [0, 0.05) is 23.5 Å². The van der Waals surface area contributed by atoms with E-state index in [2.05, 4.69) is 17.6 Å². The van der Waals surface area contributed by atoms with Crippen LogP contribution in [0, 0.1) is 5.92 Å². The van der Waals surface area contributed by atoms with Crippen LogP contribution in [-0.2, 0) is 11.2 Å². The van der Waals surface area contributed by atoms with E-state index in [0.717, 1.165) is 30.8 Å². The summed E-state index contributed by atoms with van der Waals surface area (Å²) in [6.07, 6.45) is 2.73. The molecule has 2 rings (SSSR count). The van der Waals surface area contributed by atoms with E-state index in [4.69, 9.17) is 11.6 Å². The number of carbonyl (C=O) groups excluding carboxylic acids is 1. The Bertz CT molecular complexity index is 419. The van der Waals surface area contributed by atoms with Gasteiger partial charge in [0.2, 0.25) is 5.91 Å². The Balaban J connectivity index is 1.73. The highest BCUT2D eigenvalue weighted by Crippen LogP contribution is 2.16. The maximum Gasteiger partial charge on any atom is 0.223 e. The summed E-state index contributed by atoms with van der Waals surface area (Å²) in [6, 6.07) is 8.21. The minimum absolute atomic E-state index is 0.168. The number of piperidine rings is 1. The smallest absolute Gasteiger partial charge is 0.223 e. The summed E-state index contributed by atoms with van der Waals surface area (Å²) in [4.78, 5) is 12.0. The van der Waals surface area contributed by atoms with E-state index in [-0.39, 0.29) is 11.8 Å². The van der Waals surface area contributed by atoms with Gasteiger partial charge in [-0.25, -0.2) is 0 Å². The van der Waals surface area contributed by atoms with Gasteiger partial charge in [0.1, 0.15) is 0 Å². The molecule has 19 heavy (non-hydrogen) atoms. The van der Waals surface area contributed by atoms with Gasteiger partial charge in [-0.2, -0.15) is 0 Å². The fourth-order valence-corrected chi connectivity index (χ4v) is 2.62. The molecule has 1 amide bonds. The molecule has 104 valence electrons. The lowest BCUT2D eigenvalue weighted by Crippen LogP contribution is -2.42. The molecule has 0 radical (unpaired) electrons. The lowest BCUT2D eigenvalue weighted by Gasteiger charge is -2.27. The zero-order valence-corrected chi connectivity index (χ0v) is 12.0. The number of amides is 1. The largest absolute Gasteiger partial charge is 0.356 e. The minimum Gasteiger partial charge on any atom is -0.356 e. The second-order valence-electron chi connectivity index (χ2n) is 5.24. The maximum atomic E-state index is 12.0. The number of hydrogen-bond acceptors (Lipinski definition) is 2. The third-order valence-electron chi connectivity index (χ3n) is 3.62. The molecule has 0 aliphatic carbocycles. The first kappa shape index (κ1) is 14.4. The van der Waals surface area contributed by atoms with Crippen LogP contribution in [0.5, 0.6) is 0 Å². The van der Waals surface area contributed by atoms with Crippen LogP contribution in [0.3, 0.4) is 0 Å². The Morgan fingerprint density at radius 3 is 2.84 bits per heavy atom. The Kier molecular flexibility index (Phi) is 5.23. The number of hydrogen-bond donors (Lipinski definition) is 2. The molecule has 1 aliphatic heterocycles. The van der Waals surface area contributed by atoms with Gasteiger partial charge in [-0.05, 0) is 50.4 Å². The van der Waals surface area contributed by atoms with Crippen molar-refractivity contribution >= 4 is 17.5 Å². The fourth-order valence-electron chi connectivity index (χ4n) is 2.50. The first-order chi connectivity index (χ1) is 9.15. The summed E-state index contributed by atoms with van der Waals surface area (Å²) in [5, 5.41) is 7.14. The standard InChI is InChI=1S/C15H21ClN2O/c1-11-10-13(7-9-17-11)15(19)18-8-6-12-2-4-14(16)5-3-12/h2-5,11,13,17H,6-10H2,1H3,(H,18,19)/t11-,13-/m0/s1. The monoisotopic (exact) mass is 280 g/mol. The molecular weight excluding hydrogens is 260 g/mol. The van der Waals surface area contributed by atoms with E-state index in [0.29, 0.717) is 12.6 Å². The molecule has 0 unspecified atom stereocenters. The van der Waals surface area contributed by atoms with E-state index >= 15 is 0 Å². The summed E-state index contributed by atoms with van der Waals surface area (Å²) in [6.45, 7) is 3.77. The first-order valence-corrected chi connectivity index (χ1v) is 7.28. The topological polar surface area (TPSA) is 41.1 Å². The van der Waals surface area contributed by atoms with E-state index in [9.17, 15) is 4.79 Å². The lowest BCUT2D eigenvalue weighted by molar-refractivity contribution is -0.126. The molecule has 1 fully saturated rings. The van der Waals surface area contributed by atoms with Crippen molar-refractivity contribution in [2.24, 2.45) is 5.92 Å². The molecule has 4 heteroatoms. The van der Waals surface area contributed by atoms with Crippen molar-refractivity contribution in [2.45, 2.75) is 32.2 Å². The zero-order valence-electron chi connectivity index (χ0n) is 11.3. The molecule has 0 aromatic heterocycles. The van der Waals surface area contributed by atoms with E-state index in [1.807, 2.05) is 24.3 Å². The van der Waals surface area contributed by atoms with Gasteiger partial charge in [-0.15, -0.1) is 0 Å². The number of nitrogens with one attached hydrogen (secondary N) is 2. The minimum atomic E-state index is 0.168. The summed E-state index contributed by atoms with van der Waals surface area (Å²) >= 11 is 5.84. The molecule has 2 N–H and O–H groups in total. The number of halogens is 1. The Morgan fingerprint density at radius 2 is 2.16 bits per heavy atom. The number of benzene rings is 1. The van der Waals surface area contributed by atoms with Crippen LogP contribution < -0.4 is 10.6 Å². The highest BCUT2D eigenvalue weighted by Gasteiger charge is 2.24. The normalized spacial score (nSPS) is 23.1. The van der Waals surface area contributed by atoms with Crippen LogP contribution in [-0.4, -0.2) is 25.0 Å². The summed E-state index contributed by atoms with van der Waals surface area (Å²) < 4.78 is 0. The average Bonchev–Trinajstić information content (AvgIpc) is 2.41. The molecule has 1 aliphatic rings. The van der Waals surface area contributed by atoms with Crippen LogP contribution in [0.15, 0.2) is 24.3 Å².